The van der Waals surface area contributed by atoms with Crippen LogP contribution in [0.2, 0.25) is 5.28 Å². The summed E-state index contributed by atoms with van der Waals surface area (Å²) in [5, 5.41) is 14.2. The molecule has 24 heteroatoms. The summed E-state index contributed by atoms with van der Waals surface area (Å²) in [6.07, 6.45) is 0. The Morgan fingerprint density at radius 3 is 2.04 bits per heavy atom. The van der Waals surface area contributed by atoms with E-state index >= 15 is 0 Å². The summed E-state index contributed by atoms with van der Waals surface area (Å²) in [7, 11) is -12.2. The van der Waals surface area contributed by atoms with Crippen LogP contribution in [-0.4, -0.2) is 83.8 Å². The summed E-state index contributed by atoms with van der Waals surface area (Å²) < 4.78 is 99.9. The van der Waals surface area contributed by atoms with Crippen LogP contribution in [-0.2, 0) is 34.5 Å². The molecule has 0 amide bonds. The van der Waals surface area contributed by atoms with Crippen molar-refractivity contribution in [3.05, 3.63) is 65.9 Å². The molecule has 2 heterocycles. The second kappa shape index (κ2) is 16.0. The Morgan fingerprint density at radius 2 is 1.42 bits per heavy atom. The van der Waals surface area contributed by atoms with E-state index in [1.807, 2.05) is 0 Å². The zero-order valence-electron chi connectivity index (χ0n) is 25.1. The number of sulfone groups is 1. The molecule has 2 aromatic heterocycles. The van der Waals surface area contributed by atoms with Crippen LogP contribution in [0, 0.1) is 0 Å². The van der Waals surface area contributed by atoms with Crippen LogP contribution in [0.25, 0.3) is 16.7 Å². The second-order valence-corrected chi connectivity index (χ2v) is 13.9. The maximum absolute atomic E-state index is 12.4. The summed E-state index contributed by atoms with van der Waals surface area (Å²) in [4.78, 5) is 13.0. The smallest absolute Gasteiger partial charge is 0.744 e. The van der Waals surface area contributed by atoms with Crippen molar-refractivity contribution >= 4 is 76.3 Å². The van der Waals surface area contributed by atoms with Crippen molar-refractivity contribution in [2.75, 3.05) is 30.1 Å². The van der Waals surface area contributed by atoms with Crippen molar-refractivity contribution in [1.29, 1.82) is 0 Å². The number of rotatable bonds is 12. The molecule has 242 valence electrons. The number of nitrogens with one attached hydrogen (secondary N) is 2. The number of benzene rings is 3. The van der Waals surface area contributed by atoms with E-state index in [0.29, 0.717) is 28.3 Å². The Kier molecular flexibility index (Phi) is 13.3. The van der Waals surface area contributed by atoms with Gasteiger partial charge in [0.15, 0.2) is 9.84 Å². The Bertz CT molecular complexity index is 2280. The first-order chi connectivity index (χ1) is 21.6. The molecule has 0 unspecified atom stereocenters. The first kappa shape index (κ1) is 39.9. The normalized spacial score (nSPS) is 11.8. The summed E-state index contributed by atoms with van der Waals surface area (Å²) >= 11 is 6.10. The van der Waals surface area contributed by atoms with Crippen LogP contribution in [0.5, 0.6) is 5.75 Å². The Balaban J connectivity index is 0.00000312. The van der Waals surface area contributed by atoms with Crippen LogP contribution in [0.1, 0.15) is 0 Å². The number of nitrogens with zero attached hydrogens (tertiary/aromatic N) is 6. The van der Waals surface area contributed by atoms with Crippen LogP contribution in [0.4, 0.5) is 23.3 Å². The van der Waals surface area contributed by atoms with Gasteiger partial charge in [0, 0.05) is 11.8 Å². The molecule has 0 atom stereocenters. The van der Waals surface area contributed by atoms with E-state index in [1.165, 1.54) is 42.2 Å². The quantitative estimate of drug-likeness (QED) is 0.0697. The Morgan fingerprint density at radius 1 is 0.792 bits per heavy atom. The van der Waals surface area contributed by atoms with E-state index in [2.05, 4.69) is 40.0 Å². The molecule has 18 nitrogen and oxygen atoms in total. The number of hydrogen-bond donors (Lipinski definition) is 2. The molecule has 0 aliphatic carbocycles. The topological polar surface area (TPSA) is 260 Å². The first-order valence-electron chi connectivity index (χ1n) is 12.5. The van der Waals surface area contributed by atoms with E-state index in [4.69, 9.17) is 16.3 Å². The summed E-state index contributed by atoms with van der Waals surface area (Å²) in [5.41, 5.74) is 1.75. The fraction of sp³-hybridized carbons (Fsp3) is 0.125. The fourth-order valence-electron chi connectivity index (χ4n) is 3.89. The molecule has 0 saturated carbocycles. The molecule has 3 aromatic carbocycles. The van der Waals surface area contributed by atoms with Gasteiger partial charge in [-0.2, -0.15) is 19.7 Å². The van der Waals surface area contributed by atoms with E-state index in [-0.39, 0.29) is 86.7 Å². The molecule has 0 saturated heterocycles. The van der Waals surface area contributed by atoms with Crippen LogP contribution in [0.3, 0.4) is 0 Å². The molecule has 0 bridgehead atoms. The first-order valence-corrected chi connectivity index (χ1v) is 17.3. The maximum Gasteiger partial charge on any atom is 1.00 e. The van der Waals surface area contributed by atoms with Crippen molar-refractivity contribution in [2.24, 2.45) is 0 Å². The minimum absolute atomic E-state index is 0. The van der Waals surface area contributed by atoms with Gasteiger partial charge in [-0.15, -0.1) is 10.2 Å². The van der Waals surface area contributed by atoms with Crippen LogP contribution in [0.15, 0.2) is 70.5 Å². The predicted octanol–water partition coefficient (Wildman–Crippen LogP) is -4.08. The second-order valence-electron chi connectivity index (χ2n) is 9.05. The van der Waals surface area contributed by atoms with Crippen molar-refractivity contribution in [1.82, 2.24) is 29.9 Å². The van der Waals surface area contributed by atoms with Crippen molar-refractivity contribution < 1.29 is 102 Å². The summed E-state index contributed by atoms with van der Waals surface area (Å²) in [6.45, 7) is -0.823. The number of anilines is 4. The molecular formula is C24H19ClN8Na2O10S3. The molecule has 0 fully saturated rings. The van der Waals surface area contributed by atoms with E-state index in [1.54, 1.807) is 18.2 Å². The predicted molar refractivity (Wildman–Crippen MR) is 159 cm³/mol. The molecule has 2 N–H and O–H groups in total. The minimum atomic E-state index is -5.02. The van der Waals surface area contributed by atoms with Crippen LogP contribution >= 0.6 is 11.6 Å². The van der Waals surface area contributed by atoms with E-state index < -0.39 is 47.6 Å². The third-order valence-corrected chi connectivity index (χ3v) is 9.11. The van der Waals surface area contributed by atoms with Gasteiger partial charge in [0.25, 0.3) is 0 Å². The van der Waals surface area contributed by atoms with Gasteiger partial charge in [-0.1, -0.05) is 0 Å². The van der Waals surface area contributed by atoms with E-state index in [0.717, 1.165) is 12.1 Å². The molecule has 0 spiro atoms. The fourth-order valence-corrected chi connectivity index (χ4v) is 6.03. The molecular weight excluding hydrogens is 738 g/mol. The van der Waals surface area contributed by atoms with Gasteiger partial charge in [0.1, 0.15) is 26.9 Å². The number of halogens is 1. The molecule has 0 aliphatic rings. The number of methoxy groups -OCH3 is 1. The largest absolute Gasteiger partial charge is 1.00 e. The van der Waals surface area contributed by atoms with Gasteiger partial charge in [-0.3, -0.25) is 4.18 Å². The standard InChI is InChI=1S/C24H21ClN8O10S3.2Na/c1-42-21-12-15(33-31-18-9-7-17(45(36,37)38)13-20(18)32-33)4-8-19(21)27-24-29-22(25)28-23(30-24)26-14-2-5-16(6-3-14)44(34,35)11-10-43-46(39,40)41;;/h2-9,12-13H,10-11H2,1H3,(H,36,37,38)(H,39,40,41)(H2,26,27,28,29,30);;/q;2*+1/p-2. The third-order valence-electron chi connectivity index (χ3n) is 5.96. The maximum atomic E-state index is 12.4. The zero-order chi connectivity index (χ0) is 33.3. The SMILES string of the molecule is COc1cc(-n2nc3ccc(S(=O)(=O)[O-])cc3n2)ccc1Nc1nc(Cl)nc(Nc2ccc(S(=O)(=O)CCOS(=O)(=O)[O-])cc2)n1.[Na+].[Na+]. The summed E-state index contributed by atoms with van der Waals surface area (Å²) in [6, 6.07) is 13.8. The number of fused-ring (bicyclic) bond motifs is 1. The number of ether oxygens (including phenoxy) is 1. The zero-order valence-corrected chi connectivity index (χ0v) is 32.3. The van der Waals surface area contributed by atoms with Gasteiger partial charge in [-0.05, 0) is 66.2 Å². The monoisotopic (exact) mass is 756 g/mol. The van der Waals surface area contributed by atoms with Crippen molar-refractivity contribution in [3.63, 3.8) is 0 Å². The van der Waals surface area contributed by atoms with Gasteiger partial charge in [-0.25, -0.2) is 25.3 Å². The van der Waals surface area contributed by atoms with Crippen molar-refractivity contribution in [2.45, 2.75) is 9.79 Å². The molecule has 5 rings (SSSR count). The minimum Gasteiger partial charge on any atom is -0.744 e. The average Bonchev–Trinajstić information content (AvgIpc) is 3.40. The number of hydrogen-bond acceptors (Lipinski definition) is 17. The number of aromatic nitrogens is 6. The Labute approximate surface area is 322 Å². The average molecular weight is 757 g/mol. The van der Waals surface area contributed by atoms with Gasteiger partial charge < -0.3 is 24.5 Å². The van der Waals surface area contributed by atoms with Crippen LogP contribution < -0.4 is 74.5 Å². The van der Waals surface area contributed by atoms with Crippen molar-refractivity contribution in [3.8, 4) is 11.4 Å². The summed E-state index contributed by atoms with van der Waals surface area (Å²) in [5.74, 6) is -0.415. The van der Waals surface area contributed by atoms with E-state index in [9.17, 15) is 34.4 Å². The molecule has 5 aromatic rings. The third kappa shape index (κ3) is 10.3. The molecule has 48 heavy (non-hydrogen) atoms. The van der Waals surface area contributed by atoms with Gasteiger partial charge in [0.05, 0.1) is 40.6 Å². The van der Waals surface area contributed by atoms with Gasteiger partial charge >= 0.3 is 59.1 Å². The van der Waals surface area contributed by atoms with Gasteiger partial charge in [0.2, 0.25) is 27.6 Å². The molecule has 0 aliphatic heterocycles. The Hall–Kier alpha value is -2.51. The molecule has 0 radical (unpaired) electrons.